The summed E-state index contributed by atoms with van der Waals surface area (Å²) in [4.78, 5) is 21.5. The van der Waals surface area contributed by atoms with Gasteiger partial charge in [0, 0.05) is 5.56 Å². The van der Waals surface area contributed by atoms with Crippen molar-refractivity contribution in [3.8, 4) is 16.9 Å². The first-order valence-corrected chi connectivity index (χ1v) is 5.09. The van der Waals surface area contributed by atoms with Crippen LogP contribution in [0.4, 0.5) is 0 Å². The van der Waals surface area contributed by atoms with Crippen molar-refractivity contribution in [1.29, 1.82) is 0 Å². The number of carbonyl (C=O) groups excluding carboxylic acids is 2. The normalized spacial score (nSPS) is 9.88. The van der Waals surface area contributed by atoms with Crippen molar-refractivity contribution in [2.75, 3.05) is 0 Å². The molecule has 0 heterocycles. The first kappa shape index (κ1) is 11.1. The molecule has 2 aromatic rings. The first-order valence-electron chi connectivity index (χ1n) is 5.09. The molecule has 3 nitrogen and oxygen atoms in total. The quantitative estimate of drug-likeness (QED) is 0.818. The molecule has 0 unspecified atom stereocenters. The average molecular weight is 226 g/mol. The van der Waals surface area contributed by atoms with Gasteiger partial charge < -0.3 is 5.11 Å². The van der Waals surface area contributed by atoms with Crippen molar-refractivity contribution in [3.05, 3.63) is 53.6 Å². The molecule has 0 aliphatic rings. The molecule has 84 valence electrons. The summed E-state index contributed by atoms with van der Waals surface area (Å²) in [5.41, 5.74) is 2.22. The zero-order chi connectivity index (χ0) is 12.3. The van der Waals surface area contributed by atoms with Crippen molar-refractivity contribution in [3.63, 3.8) is 0 Å². The molecule has 1 N–H and O–H groups in total. The van der Waals surface area contributed by atoms with Crippen LogP contribution in [0.3, 0.4) is 0 Å². The van der Waals surface area contributed by atoms with Gasteiger partial charge in [-0.2, -0.15) is 0 Å². The van der Waals surface area contributed by atoms with E-state index in [1.807, 2.05) is 6.07 Å². The lowest BCUT2D eigenvalue weighted by Crippen LogP contribution is -1.88. The Labute approximate surface area is 98.3 Å². The summed E-state index contributed by atoms with van der Waals surface area (Å²) in [5, 5.41) is 9.60. The van der Waals surface area contributed by atoms with Gasteiger partial charge in [0.1, 0.15) is 5.75 Å². The van der Waals surface area contributed by atoms with Gasteiger partial charge in [0.2, 0.25) is 0 Å². The van der Waals surface area contributed by atoms with Gasteiger partial charge in [0.25, 0.3) is 0 Å². The SMILES string of the molecule is O=Cc1ccc(-c2ccccc2C=O)cc1O. The third-order valence-electron chi connectivity index (χ3n) is 2.56. The molecular formula is C14H10O3. The average Bonchev–Trinajstić information content (AvgIpc) is 2.38. The first-order chi connectivity index (χ1) is 8.26. The van der Waals surface area contributed by atoms with Crippen LogP contribution in [0, 0.1) is 0 Å². The second-order valence-electron chi connectivity index (χ2n) is 3.60. The minimum Gasteiger partial charge on any atom is -0.507 e. The monoisotopic (exact) mass is 226 g/mol. The summed E-state index contributed by atoms with van der Waals surface area (Å²) < 4.78 is 0. The van der Waals surface area contributed by atoms with Crippen LogP contribution in [0.2, 0.25) is 0 Å². The maximum atomic E-state index is 10.9. The van der Waals surface area contributed by atoms with Crippen LogP contribution in [-0.2, 0) is 0 Å². The van der Waals surface area contributed by atoms with Crippen LogP contribution >= 0.6 is 0 Å². The van der Waals surface area contributed by atoms with Crippen molar-refractivity contribution < 1.29 is 14.7 Å². The number of phenolic OH excluding ortho intramolecular Hbond substituents is 1. The Morgan fingerprint density at radius 1 is 0.882 bits per heavy atom. The van der Waals surface area contributed by atoms with E-state index in [4.69, 9.17) is 0 Å². The van der Waals surface area contributed by atoms with E-state index in [1.54, 1.807) is 24.3 Å². The van der Waals surface area contributed by atoms with Gasteiger partial charge >= 0.3 is 0 Å². The van der Waals surface area contributed by atoms with E-state index >= 15 is 0 Å². The second kappa shape index (κ2) is 4.61. The number of hydrogen-bond acceptors (Lipinski definition) is 3. The van der Waals surface area contributed by atoms with Gasteiger partial charge in [-0.1, -0.05) is 30.3 Å². The van der Waals surface area contributed by atoms with Gasteiger partial charge in [0.05, 0.1) is 5.56 Å². The number of carbonyl (C=O) groups is 2. The molecule has 0 saturated carbocycles. The Bertz CT molecular complexity index is 573. The largest absolute Gasteiger partial charge is 0.507 e. The van der Waals surface area contributed by atoms with Crippen molar-refractivity contribution in [2.45, 2.75) is 0 Å². The summed E-state index contributed by atoms with van der Waals surface area (Å²) in [6.45, 7) is 0. The molecule has 0 amide bonds. The number of aromatic hydroxyl groups is 1. The lowest BCUT2D eigenvalue weighted by atomic mass is 9.99. The highest BCUT2D eigenvalue weighted by atomic mass is 16.3. The maximum Gasteiger partial charge on any atom is 0.153 e. The molecule has 0 aromatic heterocycles. The van der Waals surface area contributed by atoms with Gasteiger partial charge in [0.15, 0.2) is 12.6 Å². The zero-order valence-electron chi connectivity index (χ0n) is 8.96. The molecule has 0 spiro atoms. The molecule has 0 radical (unpaired) electrons. The molecule has 0 aliphatic heterocycles. The van der Waals surface area contributed by atoms with Gasteiger partial charge in [-0.3, -0.25) is 9.59 Å². The topological polar surface area (TPSA) is 54.4 Å². The Kier molecular flexibility index (Phi) is 3.01. The number of rotatable bonds is 3. The maximum absolute atomic E-state index is 10.9. The summed E-state index contributed by atoms with van der Waals surface area (Å²) in [5.74, 6) is -0.0850. The highest BCUT2D eigenvalue weighted by Crippen LogP contribution is 2.27. The van der Waals surface area contributed by atoms with Crippen molar-refractivity contribution in [2.24, 2.45) is 0 Å². The molecule has 2 aromatic carbocycles. The van der Waals surface area contributed by atoms with Crippen LogP contribution in [0.25, 0.3) is 11.1 Å². The molecule has 0 bridgehead atoms. The number of phenols is 1. The molecular weight excluding hydrogens is 216 g/mol. The smallest absolute Gasteiger partial charge is 0.153 e. The standard InChI is InChI=1S/C14H10O3/c15-8-11-3-1-2-4-13(11)10-5-6-12(9-16)14(17)7-10/h1-9,17H. The molecule has 0 saturated heterocycles. The third-order valence-corrected chi connectivity index (χ3v) is 2.56. The summed E-state index contributed by atoms with van der Waals surface area (Å²) in [7, 11) is 0. The summed E-state index contributed by atoms with van der Waals surface area (Å²) in [6.07, 6.45) is 1.35. The lowest BCUT2D eigenvalue weighted by molar-refractivity contribution is 0.111. The summed E-state index contributed by atoms with van der Waals surface area (Å²) >= 11 is 0. The second-order valence-corrected chi connectivity index (χ2v) is 3.60. The predicted octanol–water partition coefficient (Wildman–Crippen LogP) is 2.68. The molecule has 3 heteroatoms. The van der Waals surface area contributed by atoms with Crippen molar-refractivity contribution >= 4 is 12.6 Å². The Hall–Kier alpha value is -2.42. The minimum absolute atomic E-state index is 0.0850. The Morgan fingerprint density at radius 2 is 1.59 bits per heavy atom. The molecule has 17 heavy (non-hydrogen) atoms. The van der Waals surface area contributed by atoms with E-state index in [1.165, 1.54) is 12.1 Å². The number of benzene rings is 2. The zero-order valence-corrected chi connectivity index (χ0v) is 8.96. The molecule has 0 fully saturated rings. The number of aldehydes is 2. The molecule has 0 aliphatic carbocycles. The van der Waals surface area contributed by atoms with E-state index < -0.39 is 0 Å². The van der Waals surface area contributed by atoms with Crippen LogP contribution in [0.15, 0.2) is 42.5 Å². The van der Waals surface area contributed by atoms with Gasteiger partial charge in [-0.25, -0.2) is 0 Å². The molecule has 2 rings (SSSR count). The van der Waals surface area contributed by atoms with E-state index in [2.05, 4.69) is 0 Å². The van der Waals surface area contributed by atoms with Gasteiger partial charge in [-0.15, -0.1) is 0 Å². The van der Waals surface area contributed by atoms with Crippen LogP contribution in [-0.4, -0.2) is 17.7 Å². The fourth-order valence-electron chi connectivity index (χ4n) is 1.67. The Balaban J connectivity index is 2.57. The summed E-state index contributed by atoms with van der Waals surface area (Å²) in [6, 6.07) is 11.8. The fourth-order valence-corrected chi connectivity index (χ4v) is 1.67. The fraction of sp³-hybridized carbons (Fsp3) is 0. The molecule has 0 atom stereocenters. The lowest BCUT2D eigenvalue weighted by Gasteiger charge is -2.06. The van der Waals surface area contributed by atoms with Gasteiger partial charge in [-0.05, 0) is 23.3 Å². The van der Waals surface area contributed by atoms with Crippen LogP contribution in [0.5, 0.6) is 5.75 Å². The minimum atomic E-state index is -0.0850. The van der Waals surface area contributed by atoms with Crippen LogP contribution in [0.1, 0.15) is 20.7 Å². The highest BCUT2D eigenvalue weighted by molar-refractivity contribution is 5.89. The van der Waals surface area contributed by atoms with Crippen LogP contribution < -0.4 is 0 Å². The van der Waals surface area contributed by atoms with E-state index in [9.17, 15) is 14.7 Å². The number of hydrogen-bond donors (Lipinski definition) is 1. The van der Waals surface area contributed by atoms with E-state index in [-0.39, 0.29) is 11.3 Å². The van der Waals surface area contributed by atoms with E-state index in [0.29, 0.717) is 17.4 Å². The Morgan fingerprint density at radius 3 is 2.24 bits per heavy atom. The van der Waals surface area contributed by atoms with E-state index in [0.717, 1.165) is 11.8 Å². The highest BCUT2D eigenvalue weighted by Gasteiger charge is 2.06. The predicted molar refractivity (Wildman–Crippen MR) is 64.3 cm³/mol. The van der Waals surface area contributed by atoms with Crippen molar-refractivity contribution in [1.82, 2.24) is 0 Å². The third kappa shape index (κ3) is 2.08.